The average molecular weight is 318 g/mol. The zero-order chi connectivity index (χ0) is 14.8. The van der Waals surface area contributed by atoms with Gasteiger partial charge in [0.15, 0.2) is 0 Å². The van der Waals surface area contributed by atoms with Gasteiger partial charge in [-0.05, 0) is 30.9 Å². The lowest BCUT2D eigenvalue weighted by Crippen LogP contribution is -2.31. The molecule has 0 aromatic heterocycles. The molecule has 2 N–H and O–H groups in total. The maximum Gasteiger partial charge on any atom is 0.0897 e. The first-order valence-corrected chi connectivity index (χ1v) is 8.52. The molecule has 1 rings (SSSR count). The molecule has 5 heteroatoms. The minimum absolute atomic E-state index is 0.316. The smallest absolute Gasteiger partial charge is 0.0897 e. The number of benzene rings is 1. The van der Waals surface area contributed by atoms with Crippen LogP contribution in [0.1, 0.15) is 18.9 Å². The normalized spacial score (nSPS) is 14.2. The molecule has 0 spiro atoms. The molecule has 0 aliphatic rings. The summed E-state index contributed by atoms with van der Waals surface area (Å²) in [5, 5.41) is 14.4. The Morgan fingerprint density at radius 1 is 1.40 bits per heavy atom. The van der Waals surface area contributed by atoms with E-state index in [1.54, 1.807) is 0 Å². The van der Waals surface area contributed by atoms with Crippen LogP contribution in [0.5, 0.6) is 0 Å². The highest BCUT2D eigenvalue weighted by Gasteiger charge is 2.06. The van der Waals surface area contributed by atoms with Crippen LogP contribution >= 0.6 is 23.4 Å². The quantitative estimate of drug-likeness (QED) is 0.651. The van der Waals surface area contributed by atoms with Crippen LogP contribution < -0.4 is 5.32 Å². The van der Waals surface area contributed by atoms with Gasteiger partial charge in [0, 0.05) is 16.8 Å². The van der Waals surface area contributed by atoms with E-state index < -0.39 is 6.10 Å². The molecular formula is C15H24ClNO2S. The Morgan fingerprint density at radius 3 is 2.85 bits per heavy atom. The molecule has 1 aromatic carbocycles. The van der Waals surface area contributed by atoms with Crippen LogP contribution in [0.4, 0.5) is 0 Å². The maximum absolute atomic E-state index is 9.79. The predicted octanol–water partition coefficient (Wildman–Crippen LogP) is 2.95. The van der Waals surface area contributed by atoms with Crippen LogP contribution in [0, 0.1) is 0 Å². The van der Waals surface area contributed by atoms with Crippen LogP contribution in [0.3, 0.4) is 0 Å². The molecule has 0 heterocycles. The molecule has 0 fully saturated rings. The average Bonchev–Trinajstić information content (AvgIpc) is 2.45. The van der Waals surface area contributed by atoms with Gasteiger partial charge in [-0.3, -0.25) is 0 Å². The number of halogens is 1. The SMILES string of the molecule is CSC(C)CCNCC(O)COCc1ccccc1Cl. The van der Waals surface area contributed by atoms with E-state index in [4.69, 9.17) is 16.3 Å². The minimum atomic E-state index is -0.484. The van der Waals surface area contributed by atoms with Gasteiger partial charge in [-0.25, -0.2) is 0 Å². The van der Waals surface area contributed by atoms with E-state index >= 15 is 0 Å². The Kier molecular flexibility index (Phi) is 9.31. The van der Waals surface area contributed by atoms with Crippen molar-refractivity contribution >= 4 is 23.4 Å². The van der Waals surface area contributed by atoms with E-state index in [9.17, 15) is 5.11 Å². The van der Waals surface area contributed by atoms with Gasteiger partial charge in [-0.15, -0.1) is 0 Å². The fourth-order valence-electron chi connectivity index (χ4n) is 1.67. The maximum atomic E-state index is 9.79. The molecule has 0 bridgehead atoms. The van der Waals surface area contributed by atoms with Crippen LogP contribution in [0.2, 0.25) is 5.02 Å². The minimum Gasteiger partial charge on any atom is -0.389 e. The molecular weight excluding hydrogens is 294 g/mol. The van der Waals surface area contributed by atoms with Crippen molar-refractivity contribution in [2.75, 3.05) is 26.0 Å². The zero-order valence-corrected chi connectivity index (χ0v) is 13.7. The topological polar surface area (TPSA) is 41.5 Å². The third kappa shape index (κ3) is 7.50. The van der Waals surface area contributed by atoms with Crippen molar-refractivity contribution < 1.29 is 9.84 Å². The van der Waals surface area contributed by atoms with Crippen LogP contribution in [-0.4, -0.2) is 42.4 Å². The first kappa shape index (κ1) is 17.8. The molecule has 0 aliphatic carbocycles. The lowest BCUT2D eigenvalue weighted by atomic mass is 10.2. The van der Waals surface area contributed by atoms with Gasteiger partial charge in [0.25, 0.3) is 0 Å². The second-order valence-corrected chi connectivity index (χ2v) is 6.48. The molecule has 0 saturated heterocycles. The molecule has 0 radical (unpaired) electrons. The van der Waals surface area contributed by atoms with Crippen molar-refractivity contribution in [3.8, 4) is 0 Å². The third-order valence-electron chi connectivity index (χ3n) is 3.04. The standard InChI is InChI=1S/C15H24ClNO2S/c1-12(20-2)7-8-17-9-14(18)11-19-10-13-5-3-4-6-15(13)16/h3-6,12,14,17-18H,7-11H2,1-2H3. The molecule has 2 unspecified atom stereocenters. The number of hydrogen-bond acceptors (Lipinski definition) is 4. The largest absolute Gasteiger partial charge is 0.389 e. The van der Waals surface area contributed by atoms with Gasteiger partial charge in [-0.2, -0.15) is 11.8 Å². The van der Waals surface area contributed by atoms with Crippen molar-refractivity contribution in [2.24, 2.45) is 0 Å². The second kappa shape index (κ2) is 10.5. The van der Waals surface area contributed by atoms with E-state index in [1.165, 1.54) is 0 Å². The molecule has 20 heavy (non-hydrogen) atoms. The summed E-state index contributed by atoms with van der Waals surface area (Å²) in [5.41, 5.74) is 0.947. The Bertz CT molecular complexity index is 379. The number of nitrogens with one attached hydrogen (secondary N) is 1. The van der Waals surface area contributed by atoms with Gasteiger partial charge in [0.05, 0.1) is 19.3 Å². The number of aliphatic hydroxyl groups is 1. The summed E-state index contributed by atoms with van der Waals surface area (Å²) < 4.78 is 5.48. The number of aliphatic hydroxyl groups excluding tert-OH is 1. The summed E-state index contributed by atoms with van der Waals surface area (Å²) in [5.74, 6) is 0. The van der Waals surface area contributed by atoms with E-state index in [2.05, 4.69) is 18.5 Å². The summed E-state index contributed by atoms with van der Waals surface area (Å²) in [6.45, 7) is 4.43. The lowest BCUT2D eigenvalue weighted by molar-refractivity contribution is 0.0290. The first-order valence-electron chi connectivity index (χ1n) is 6.86. The highest BCUT2D eigenvalue weighted by molar-refractivity contribution is 7.99. The van der Waals surface area contributed by atoms with Crippen LogP contribution in [-0.2, 0) is 11.3 Å². The van der Waals surface area contributed by atoms with E-state index in [-0.39, 0.29) is 0 Å². The fourth-order valence-corrected chi connectivity index (χ4v) is 2.21. The monoisotopic (exact) mass is 317 g/mol. The number of rotatable bonds is 10. The summed E-state index contributed by atoms with van der Waals surface area (Å²) in [6, 6.07) is 7.58. The third-order valence-corrected chi connectivity index (χ3v) is 4.44. The zero-order valence-electron chi connectivity index (χ0n) is 12.1. The van der Waals surface area contributed by atoms with Gasteiger partial charge in [-0.1, -0.05) is 36.7 Å². The summed E-state index contributed by atoms with van der Waals surface area (Å²) in [6.07, 6.45) is 2.73. The Morgan fingerprint density at radius 2 is 2.15 bits per heavy atom. The highest BCUT2D eigenvalue weighted by Crippen LogP contribution is 2.15. The molecule has 3 nitrogen and oxygen atoms in total. The van der Waals surface area contributed by atoms with E-state index in [1.807, 2.05) is 36.0 Å². The summed E-state index contributed by atoms with van der Waals surface area (Å²) in [7, 11) is 0. The van der Waals surface area contributed by atoms with Gasteiger partial charge < -0.3 is 15.2 Å². The Labute approximate surface area is 131 Å². The molecule has 0 saturated carbocycles. The first-order chi connectivity index (χ1) is 9.63. The number of thioether (sulfide) groups is 1. The van der Waals surface area contributed by atoms with Crippen molar-refractivity contribution in [2.45, 2.75) is 31.3 Å². The molecule has 2 atom stereocenters. The van der Waals surface area contributed by atoms with Gasteiger partial charge in [0.2, 0.25) is 0 Å². The van der Waals surface area contributed by atoms with Crippen LogP contribution in [0.25, 0.3) is 0 Å². The van der Waals surface area contributed by atoms with Crippen molar-refractivity contribution in [3.63, 3.8) is 0 Å². The predicted molar refractivity (Wildman–Crippen MR) is 87.6 cm³/mol. The highest BCUT2D eigenvalue weighted by atomic mass is 35.5. The second-order valence-electron chi connectivity index (χ2n) is 4.80. The molecule has 0 amide bonds. The lowest BCUT2D eigenvalue weighted by Gasteiger charge is -2.14. The van der Waals surface area contributed by atoms with E-state index in [0.717, 1.165) is 18.5 Å². The van der Waals surface area contributed by atoms with Crippen molar-refractivity contribution in [1.82, 2.24) is 5.32 Å². The van der Waals surface area contributed by atoms with Crippen LogP contribution in [0.15, 0.2) is 24.3 Å². The molecule has 0 aliphatic heterocycles. The van der Waals surface area contributed by atoms with Crippen molar-refractivity contribution in [3.05, 3.63) is 34.9 Å². The van der Waals surface area contributed by atoms with Gasteiger partial charge in [0.1, 0.15) is 0 Å². The molecule has 114 valence electrons. The van der Waals surface area contributed by atoms with Gasteiger partial charge >= 0.3 is 0 Å². The van der Waals surface area contributed by atoms with E-state index in [0.29, 0.717) is 30.0 Å². The fraction of sp³-hybridized carbons (Fsp3) is 0.600. The Balaban J connectivity index is 2.08. The Hall–Kier alpha value is -0.260. The summed E-state index contributed by atoms with van der Waals surface area (Å²) in [4.78, 5) is 0. The summed E-state index contributed by atoms with van der Waals surface area (Å²) >= 11 is 7.89. The molecule has 1 aromatic rings. The number of hydrogen-bond donors (Lipinski definition) is 2. The van der Waals surface area contributed by atoms with Crippen molar-refractivity contribution in [1.29, 1.82) is 0 Å². The number of ether oxygens (including phenoxy) is 1.